The number of aliphatic imine (C=N–C) groups is 1. The molecule has 2 amide bonds. The summed E-state index contributed by atoms with van der Waals surface area (Å²) in [6.45, 7) is 5.95. The van der Waals surface area contributed by atoms with Crippen LogP contribution in [0, 0.1) is 0 Å². The van der Waals surface area contributed by atoms with E-state index in [1.165, 1.54) is 13.8 Å². The van der Waals surface area contributed by atoms with E-state index in [2.05, 4.69) is 15.6 Å². The van der Waals surface area contributed by atoms with Crippen molar-refractivity contribution in [2.45, 2.75) is 77.3 Å². The van der Waals surface area contributed by atoms with Gasteiger partial charge in [-0.2, -0.15) is 0 Å². The molecule has 0 saturated carbocycles. The summed E-state index contributed by atoms with van der Waals surface area (Å²) >= 11 is 0. The molecule has 0 aromatic heterocycles. The molecule has 2 heterocycles. The summed E-state index contributed by atoms with van der Waals surface area (Å²) in [5, 5.41) is 5.23. The molecule has 196 valence electrons. The fourth-order valence-corrected chi connectivity index (χ4v) is 3.66. The Labute approximate surface area is 202 Å². The lowest BCUT2D eigenvalue weighted by Gasteiger charge is -2.45. The van der Waals surface area contributed by atoms with Gasteiger partial charge in [0.2, 0.25) is 5.91 Å². The van der Waals surface area contributed by atoms with E-state index in [1.807, 2.05) is 0 Å². The second kappa shape index (κ2) is 11.8. The second-order valence-corrected chi connectivity index (χ2v) is 8.35. The first-order valence-electron chi connectivity index (χ1n) is 10.9. The van der Waals surface area contributed by atoms with Gasteiger partial charge < -0.3 is 39.2 Å². The fraction of sp³-hybridized carbons (Fsp3) is 0.714. The van der Waals surface area contributed by atoms with Crippen molar-refractivity contribution in [2.75, 3.05) is 20.7 Å². The maximum atomic E-state index is 13.1. The molecule has 0 radical (unpaired) electrons. The van der Waals surface area contributed by atoms with E-state index in [4.69, 9.17) is 23.7 Å². The van der Waals surface area contributed by atoms with Gasteiger partial charge in [0.15, 0.2) is 24.5 Å². The van der Waals surface area contributed by atoms with Crippen molar-refractivity contribution in [3.63, 3.8) is 0 Å². The van der Waals surface area contributed by atoms with Gasteiger partial charge in [-0.25, -0.2) is 4.99 Å². The van der Waals surface area contributed by atoms with Gasteiger partial charge in [-0.15, -0.1) is 0 Å². The standard InChI is InChI=1S/C21H32N4O10/c1-9-15(23-21(32-9)25(6)7)19(30)24-20-16(22-10(2)26)18(34-13(5)29)17(33-12(4)28)14(35-20)8-31-11(3)27/h9,14-18,20H,8H2,1-7H3,(H,22,26)(H,24,30)/t9-,14-,15+,16-,17-,18-,20-/m1/s1. The minimum atomic E-state index is -1.28. The highest BCUT2D eigenvalue weighted by molar-refractivity contribution is 5.88. The number of amidine groups is 1. The van der Waals surface area contributed by atoms with Crippen LogP contribution in [0.3, 0.4) is 0 Å². The minimum absolute atomic E-state index is 0.265. The molecule has 0 aromatic rings. The number of nitrogens with zero attached hydrogens (tertiary/aromatic N) is 2. The highest BCUT2D eigenvalue weighted by atomic mass is 16.6. The maximum Gasteiger partial charge on any atom is 0.303 e. The van der Waals surface area contributed by atoms with Gasteiger partial charge in [0.25, 0.3) is 11.9 Å². The Hall–Kier alpha value is -3.42. The number of nitrogens with one attached hydrogen (secondary N) is 2. The van der Waals surface area contributed by atoms with Gasteiger partial charge in [0, 0.05) is 41.8 Å². The zero-order valence-corrected chi connectivity index (χ0v) is 20.7. The number of amides is 2. The maximum absolute atomic E-state index is 13.1. The molecule has 0 bridgehead atoms. The summed E-state index contributed by atoms with van der Waals surface area (Å²) in [7, 11) is 3.42. The SMILES string of the molecule is CC(=O)N[C@@H]1[C@@H](OC(C)=O)[C@H](OC(C)=O)[C@@H](COC(C)=O)O[C@H]1NC(=O)[C@H]1N=C(N(C)C)O[C@@H]1C. The van der Waals surface area contributed by atoms with Gasteiger partial charge in [-0.3, -0.25) is 24.0 Å². The van der Waals surface area contributed by atoms with Crippen LogP contribution < -0.4 is 10.6 Å². The molecule has 0 aromatic carbocycles. The monoisotopic (exact) mass is 500 g/mol. The molecule has 2 aliphatic heterocycles. The van der Waals surface area contributed by atoms with E-state index < -0.39 is 72.4 Å². The number of rotatable bonds is 7. The number of hydrogen-bond acceptors (Lipinski definition) is 12. The Morgan fingerprint density at radius 1 is 0.943 bits per heavy atom. The lowest BCUT2D eigenvalue weighted by molar-refractivity contribution is -0.228. The average molecular weight is 501 g/mol. The van der Waals surface area contributed by atoms with Crippen LogP contribution >= 0.6 is 0 Å². The smallest absolute Gasteiger partial charge is 0.303 e. The third-order valence-electron chi connectivity index (χ3n) is 5.04. The second-order valence-electron chi connectivity index (χ2n) is 8.35. The van der Waals surface area contributed by atoms with E-state index in [0.717, 1.165) is 13.8 Å². The predicted octanol–water partition coefficient (Wildman–Crippen LogP) is -1.54. The summed E-state index contributed by atoms with van der Waals surface area (Å²) in [5.74, 6) is -3.21. The molecule has 2 N–H and O–H groups in total. The first kappa shape index (κ1) is 27.8. The van der Waals surface area contributed by atoms with Crippen LogP contribution in [0.5, 0.6) is 0 Å². The average Bonchev–Trinajstić information content (AvgIpc) is 3.12. The molecule has 2 rings (SSSR count). The first-order chi connectivity index (χ1) is 16.3. The molecule has 14 heteroatoms. The molecule has 7 atom stereocenters. The Morgan fingerprint density at radius 3 is 2.03 bits per heavy atom. The molecule has 0 aliphatic carbocycles. The summed E-state index contributed by atoms with van der Waals surface area (Å²) < 4.78 is 27.3. The van der Waals surface area contributed by atoms with Gasteiger partial charge in [0.1, 0.15) is 24.9 Å². The summed E-state index contributed by atoms with van der Waals surface area (Å²) in [4.78, 5) is 66.1. The third-order valence-corrected chi connectivity index (χ3v) is 5.04. The molecular weight excluding hydrogens is 468 g/mol. The van der Waals surface area contributed by atoms with Crippen molar-refractivity contribution in [3.8, 4) is 0 Å². The fourth-order valence-electron chi connectivity index (χ4n) is 3.66. The van der Waals surface area contributed by atoms with Crippen LogP contribution in [0.15, 0.2) is 4.99 Å². The van der Waals surface area contributed by atoms with Gasteiger partial charge in [-0.05, 0) is 6.92 Å². The van der Waals surface area contributed by atoms with E-state index in [1.54, 1.807) is 25.9 Å². The van der Waals surface area contributed by atoms with Crippen LogP contribution in [-0.4, -0.2) is 104 Å². The molecule has 0 unspecified atom stereocenters. The zero-order chi connectivity index (χ0) is 26.4. The van der Waals surface area contributed by atoms with Crippen LogP contribution in [0.4, 0.5) is 0 Å². The normalized spacial score (nSPS) is 29.7. The topological polar surface area (TPSA) is 171 Å². The van der Waals surface area contributed by atoms with Crippen molar-refractivity contribution in [1.29, 1.82) is 0 Å². The molecule has 1 fully saturated rings. The summed E-state index contributed by atoms with van der Waals surface area (Å²) in [5.41, 5.74) is 0. The molecule has 35 heavy (non-hydrogen) atoms. The van der Waals surface area contributed by atoms with Crippen LogP contribution in [0.25, 0.3) is 0 Å². The quantitative estimate of drug-likeness (QED) is 0.307. The lowest BCUT2D eigenvalue weighted by Crippen LogP contribution is -2.70. The van der Waals surface area contributed by atoms with Crippen molar-refractivity contribution < 1.29 is 47.7 Å². The number of carbonyl (C=O) groups is 5. The van der Waals surface area contributed by atoms with Crippen molar-refractivity contribution in [3.05, 3.63) is 0 Å². The van der Waals surface area contributed by atoms with E-state index in [0.29, 0.717) is 0 Å². The Bertz CT molecular complexity index is 876. The van der Waals surface area contributed by atoms with Crippen molar-refractivity contribution in [2.24, 2.45) is 4.99 Å². The van der Waals surface area contributed by atoms with E-state index >= 15 is 0 Å². The van der Waals surface area contributed by atoms with Crippen LogP contribution in [0.1, 0.15) is 34.6 Å². The molecule has 14 nitrogen and oxygen atoms in total. The number of carbonyl (C=O) groups excluding carboxylic acids is 5. The van der Waals surface area contributed by atoms with Crippen LogP contribution in [-0.2, 0) is 47.7 Å². The van der Waals surface area contributed by atoms with Crippen LogP contribution in [0.2, 0.25) is 0 Å². The van der Waals surface area contributed by atoms with E-state index in [9.17, 15) is 24.0 Å². The minimum Gasteiger partial charge on any atom is -0.463 e. The van der Waals surface area contributed by atoms with Gasteiger partial charge in [-0.1, -0.05) is 0 Å². The number of ether oxygens (including phenoxy) is 5. The third kappa shape index (κ3) is 7.53. The number of esters is 3. The van der Waals surface area contributed by atoms with Crippen molar-refractivity contribution >= 4 is 35.7 Å². The van der Waals surface area contributed by atoms with Gasteiger partial charge in [0.05, 0.1) is 0 Å². The zero-order valence-electron chi connectivity index (χ0n) is 20.7. The predicted molar refractivity (Wildman–Crippen MR) is 118 cm³/mol. The Kier molecular flexibility index (Phi) is 9.40. The number of hydrogen-bond donors (Lipinski definition) is 2. The Morgan fingerprint density at radius 2 is 1.54 bits per heavy atom. The Balaban J connectivity index is 2.40. The largest absolute Gasteiger partial charge is 0.463 e. The molecule has 0 spiro atoms. The highest BCUT2D eigenvalue weighted by Crippen LogP contribution is 2.27. The molecule has 2 aliphatic rings. The van der Waals surface area contributed by atoms with Gasteiger partial charge >= 0.3 is 17.9 Å². The van der Waals surface area contributed by atoms with Crippen molar-refractivity contribution in [1.82, 2.24) is 15.5 Å². The molecular formula is C21H32N4O10. The first-order valence-corrected chi connectivity index (χ1v) is 10.9. The lowest BCUT2D eigenvalue weighted by atomic mass is 9.94. The molecule has 1 saturated heterocycles. The summed E-state index contributed by atoms with van der Waals surface area (Å²) in [6.07, 6.45) is -5.54. The van der Waals surface area contributed by atoms with E-state index in [-0.39, 0.29) is 12.6 Å². The highest BCUT2D eigenvalue weighted by Gasteiger charge is 2.52. The summed E-state index contributed by atoms with van der Waals surface area (Å²) in [6, 6.07) is -1.83.